The molecule has 0 saturated carbocycles. The quantitative estimate of drug-likeness (QED) is 0.675. The number of nitrogens with two attached hydrogens (primary N) is 1. The summed E-state index contributed by atoms with van der Waals surface area (Å²) in [5, 5.41) is 5.77. The smallest absolute Gasteiger partial charge is 0.252 e. The van der Waals surface area contributed by atoms with Crippen LogP contribution in [0.25, 0.3) is 0 Å². The van der Waals surface area contributed by atoms with E-state index >= 15 is 0 Å². The van der Waals surface area contributed by atoms with Crippen LogP contribution in [0.3, 0.4) is 0 Å². The monoisotopic (exact) mass is 283 g/mol. The maximum atomic E-state index is 11.8. The molecule has 0 spiro atoms. The van der Waals surface area contributed by atoms with E-state index in [-0.39, 0.29) is 17.7 Å². The molecule has 0 bridgehead atoms. The van der Waals surface area contributed by atoms with E-state index in [9.17, 15) is 9.59 Å². The molecule has 0 aliphatic heterocycles. The number of nitrogens with one attached hydrogen (secondary N) is 2. The van der Waals surface area contributed by atoms with Crippen molar-refractivity contribution in [1.29, 1.82) is 0 Å². The summed E-state index contributed by atoms with van der Waals surface area (Å²) in [5.74, 6) is -0.597. The molecule has 0 aliphatic rings. The second-order valence-corrected chi connectivity index (χ2v) is 4.57. The first-order valence-electron chi connectivity index (χ1n) is 6.06. The van der Waals surface area contributed by atoms with Gasteiger partial charge >= 0.3 is 0 Å². The van der Waals surface area contributed by atoms with Crippen LogP contribution < -0.4 is 16.4 Å². The van der Waals surface area contributed by atoms with E-state index in [2.05, 4.69) is 10.6 Å². The SMILES string of the molecule is CC(CN)C(=O)NCCNC(=O)c1ccccc1Cl. The standard InChI is InChI=1S/C13H18ClN3O2/c1-9(8-15)12(18)16-6-7-17-13(19)10-4-2-3-5-11(10)14/h2-5,9H,6-8,15H2,1H3,(H,16,18)(H,17,19). The third-order valence-corrected chi connectivity index (χ3v) is 2.96. The number of hydrogen-bond donors (Lipinski definition) is 3. The second kappa shape index (κ2) is 7.76. The maximum absolute atomic E-state index is 11.8. The molecule has 0 aromatic heterocycles. The summed E-state index contributed by atoms with van der Waals surface area (Å²) in [6.07, 6.45) is 0. The lowest BCUT2D eigenvalue weighted by molar-refractivity contribution is -0.124. The molecule has 0 fully saturated rings. The minimum atomic E-state index is -0.258. The van der Waals surface area contributed by atoms with Crippen molar-refractivity contribution in [2.75, 3.05) is 19.6 Å². The van der Waals surface area contributed by atoms with Gasteiger partial charge in [-0.2, -0.15) is 0 Å². The predicted molar refractivity (Wildman–Crippen MR) is 75.0 cm³/mol. The molecule has 0 radical (unpaired) electrons. The number of rotatable bonds is 6. The van der Waals surface area contributed by atoms with E-state index in [1.165, 1.54) is 0 Å². The molecule has 6 heteroatoms. The third-order valence-electron chi connectivity index (χ3n) is 2.63. The van der Waals surface area contributed by atoms with Gasteiger partial charge in [0.15, 0.2) is 0 Å². The number of halogens is 1. The van der Waals surface area contributed by atoms with Crippen molar-refractivity contribution in [3.63, 3.8) is 0 Å². The number of amides is 2. The summed E-state index contributed by atoms with van der Waals surface area (Å²) in [6.45, 7) is 2.75. The van der Waals surface area contributed by atoms with E-state index in [1.54, 1.807) is 31.2 Å². The lowest BCUT2D eigenvalue weighted by Crippen LogP contribution is -2.38. The van der Waals surface area contributed by atoms with Gasteiger partial charge in [-0.1, -0.05) is 30.7 Å². The van der Waals surface area contributed by atoms with E-state index in [4.69, 9.17) is 17.3 Å². The van der Waals surface area contributed by atoms with Gasteiger partial charge < -0.3 is 16.4 Å². The summed E-state index contributed by atoms with van der Waals surface area (Å²) >= 11 is 5.90. The van der Waals surface area contributed by atoms with Gasteiger partial charge in [0.05, 0.1) is 10.6 Å². The Hall–Kier alpha value is -1.59. The number of hydrogen-bond acceptors (Lipinski definition) is 3. The molecule has 1 atom stereocenters. The molecular formula is C13H18ClN3O2. The van der Waals surface area contributed by atoms with Crippen molar-refractivity contribution >= 4 is 23.4 Å². The molecular weight excluding hydrogens is 266 g/mol. The molecule has 1 aromatic carbocycles. The summed E-state index contributed by atoms with van der Waals surface area (Å²) in [5.41, 5.74) is 5.79. The van der Waals surface area contributed by atoms with Crippen LogP contribution in [0.4, 0.5) is 0 Å². The molecule has 0 aliphatic carbocycles. The van der Waals surface area contributed by atoms with Crippen LogP contribution in [-0.4, -0.2) is 31.4 Å². The van der Waals surface area contributed by atoms with Crippen molar-refractivity contribution in [2.24, 2.45) is 11.7 Å². The van der Waals surface area contributed by atoms with Gasteiger partial charge in [-0.3, -0.25) is 9.59 Å². The first kappa shape index (κ1) is 15.5. The van der Waals surface area contributed by atoms with Gasteiger partial charge in [0.2, 0.25) is 5.91 Å². The topological polar surface area (TPSA) is 84.2 Å². The van der Waals surface area contributed by atoms with Crippen LogP contribution in [0.2, 0.25) is 5.02 Å². The Morgan fingerprint density at radius 3 is 2.53 bits per heavy atom. The highest BCUT2D eigenvalue weighted by atomic mass is 35.5. The van der Waals surface area contributed by atoms with Crippen molar-refractivity contribution < 1.29 is 9.59 Å². The highest BCUT2D eigenvalue weighted by molar-refractivity contribution is 6.33. The van der Waals surface area contributed by atoms with Crippen LogP contribution in [0, 0.1) is 5.92 Å². The zero-order chi connectivity index (χ0) is 14.3. The molecule has 0 saturated heterocycles. The minimum absolute atomic E-state index is 0.116. The highest BCUT2D eigenvalue weighted by Gasteiger charge is 2.11. The van der Waals surface area contributed by atoms with E-state index < -0.39 is 0 Å². The molecule has 1 aromatic rings. The van der Waals surface area contributed by atoms with Crippen molar-refractivity contribution in [3.8, 4) is 0 Å². The average Bonchev–Trinajstić information content (AvgIpc) is 2.42. The normalized spacial score (nSPS) is 11.7. The predicted octanol–water partition coefficient (Wildman–Crippen LogP) is 0.781. The van der Waals surface area contributed by atoms with Gasteiger partial charge in [-0.05, 0) is 12.1 Å². The van der Waals surface area contributed by atoms with Gasteiger partial charge in [0.1, 0.15) is 0 Å². The Morgan fingerprint density at radius 2 is 1.89 bits per heavy atom. The Kier molecular flexibility index (Phi) is 6.32. The lowest BCUT2D eigenvalue weighted by Gasteiger charge is -2.10. The van der Waals surface area contributed by atoms with Crippen molar-refractivity contribution in [1.82, 2.24) is 10.6 Å². The molecule has 2 amide bonds. The molecule has 19 heavy (non-hydrogen) atoms. The molecule has 0 heterocycles. The lowest BCUT2D eigenvalue weighted by atomic mass is 10.2. The zero-order valence-corrected chi connectivity index (χ0v) is 11.5. The number of carbonyl (C=O) groups excluding carboxylic acids is 2. The zero-order valence-electron chi connectivity index (χ0n) is 10.8. The molecule has 1 rings (SSSR count). The van der Waals surface area contributed by atoms with Crippen molar-refractivity contribution in [3.05, 3.63) is 34.9 Å². The van der Waals surface area contributed by atoms with Crippen LogP contribution >= 0.6 is 11.6 Å². The van der Waals surface area contributed by atoms with Crippen LogP contribution in [0.1, 0.15) is 17.3 Å². The fraction of sp³-hybridized carbons (Fsp3) is 0.385. The average molecular weight is 284 g/mol. The third kappa shape index (κ3) is 4.89. The molecule has 1 unspecified atom stereocenters. The maximum Gasteiger partial charge on any atom is 0.252 e. The van der Waals surface area contributed by atoms with Crippen LogP contribution in [-0.2, 0) is 4.79 Å². The first-order chi connectivity index (χ1) is 9.06. The van der Waals surface area contributed by atoms with E-state index in [0.29, 0.717) is 30.2 Å². The van der Waals surface area contributed by atoms with Gasteiger partial charge in [0, 0.05) is 25.6 Å². The Balaban J connectivity index is 2.32. The fourth-order valence-electron chi connectivity index (χ4n) is 1.38. The molecule has 5 nitrogen and oxygen atoms in total. The van der Waals surface area contributed by atoms with Crippen molar-refractivity contribution in [2.45, 2.75) is 6.92 Å². The Labute approximate surface area is 117 Å². The largest absolute Gasteiger partial charge is 0.354 e. The number of carbonyl (C=O) groups is 2. The van der Waals surface area contributed by atoms with Crippen LogP contribution in [0.15, 0.2) is 24.3 Å². The summed E-state index contributed by atoms with van der Waals surface area (Å²) in [6, 6.07) is 6.80. The minimum Gasteiger partial charge on any atom is -0.354 e. The molecule has 104 valence electrons. The Morgan fingerprint density at radius 1 is 1.26 bits per heavy atom. The summed E-state index contributed by atoms with van der Waals surface area (Å²) in [7, 11) is 0. The van der Waals surface area contributed by atoms with E-state index in [1.807, 2.05) is 0 Å². The summed E-state index contributed by atoms with van der Waals surface area (Å²) in [4.78, 5) is 23.2. The highest BCUT2D eigenvalue weighted by Crippen LogP contribution is 2.14. The molecule has 4 N–H and O–H groups in total. The van der Waals surface area contributed by atoms with E-state index in [0.717, 1.165) is 0 Å². The first-order valence-corrected chi connectivity index (χ1v) is 6.44. The summed E-state index contributed by atoms with van der Waals surface area (Å²) < 4.78 is 0. The second-order valence-electron chi connectivity index (χ2n) is 4.16. The van der Waals surface area contributed by atoms with Gasteiger partial charge in [0.25, 0.3) is 5.91 Å². The van der Waals surface area contributed by atoms with Crippen LogP contribution in [0.5, 0.6) is 0 Å². The van der Waals surface area contributed by atoms with Gasteiger partial charge in [-0.25, -0.2) is 0 Å². The fourth-order valence-corrected chi connectivity index (χ4v) is 1.61. The van der Waals surface area contributed by atoms with Gasteiger partial charge in [-0.15, -0.1) is 0 Å². The number of benzene rings is 1. The Bertz CT molecular complexity index is 451.